The first-order chi connectivity index (χ1) is 28.0. The quantitative estimate of drug-likeness (QED) is 0.156. The van der Waals surface area contributed by atoms with Crippen LogP contribution in [0.5, 0.6) is 0 Å². The van der Waals surface area contributed by atoms with Gasteiger partial charge in [-0.2, -0.15) is 0 Å². The number of hydrogen-bond donors (Lipinski definition) is 1. The molecule has 5 nitrogen and oxygen atoms in total. The van der Waals surface area contributed by atoms with Crippen molar-refractivity contribution in [2.24, 2.45) is 0 Å². The average molecular weight is 774 g/mol. The van der Waals surface area contributed by atoms with Crippen molar-refractivity contribution in [3.63, 3.8) is 0 Å². The summed E-state index contributed by atoms with van der Waals surface area (Å²) in [6, 6.07) is 70.1. The summed E-state index contributed by atoms with van der Waals surface area (Å²) in [7, 11) is -6.37. The minimum Gasteiger partial charge on any atom is -0.361 e. The maximum Gasteiger partial charge on any atom is 0.171 e. The Morgan fingerprint density at radius 3 is 1.49 bits per heavy atom. The Hall–Kier alpha value is -6.51. The summed E-state index contributed by atoms with van der Waals surface area (Å²) < 4.78 is 33.0. The molecule has 0 saturated carbocycles. The van der Waals surface area contributed by atoms with Crippen LogP contribution in [0.4, 0.5) is 5.69 Å². The lowest BCUT2D eigenvalue weighted by Crippen LogP contribution is -2.28. The molecule has 1 atom stereocenters. The van der Waals surface area contributed by atoms with Gasteiger partial charge in [0.1, 0.15) is 12.0 Å². The first kappa shape index (κ1) is 34.9. The van der Waals surface area contributed by atoms with Gasteiger partial charge in [0.15, 0.2) is 14.3 Å². The number of para-hydroxylation sites is 2. The largest absolute Gasteiger partial charge is 0.361 e. The van der Waals surface area contributed by atoms with Crippen LogP contribution in [-0.4, -0.2) is 9.55 Å². The van der Waals surface area contributed by atoms with E-state index in [1.165, 1.54) is 0 Å². The van der Waals surface area contributed by atoms with E-state index < -0.39 is 14.3 Å². The number of nitrogens with one attached hydrogen (secondary N) is 1. The smallest absolute Gasteiger partial charge is 0.171 e. The zero-order valence-electron chi connectivity index (χ0n) is 30.9. The molecule has 1 N–H and O–H groups in total. The monoisotopic (exact) mass is 773 g/mol. The third-order valence-electron chi connectivity index (χ3n) is 11.0. The van der Waals surface area contributed by atoms with Gasteiger partial charge in [-0.1, -0.05) is 176 Å². The number of benzene rings is 8. The van der Waals surface area contributed by atoms with Gasteiger partial charge in [0.2, 0.25) is 0 Å². The summed E-state index contributed by atoms with van der Waals surface area (Å²) in [4.78, 5) is 5.23. The summed E-state index contributed by atoms with van der Waals surface area (Å²) in [6.07, 6.45) is -0.323. The van der Waals surface area contributed by atoms with Crippen molar-refractivity contribution in [1.82, 2.24) is 9.55 Å². The Labute approximate surface area is 332 Å². The van der Waals surface area contributed by atoms with E-state index in [0.717, 1.165) is 76.6 Å². The van der Waals surface area contributed by atoms with E-state index in [1.807, 2.05) is 164 Å². The summed E-state index contributed by atoms with van der Waals surface area (Å²) in [5.74, 6) is 0.840. The van der Waals surface area contributed by atoms with Crippen LogP contribution in [0.3, 0.4) is 0 Å². The second-order valence-corrected chi connectivity index (χ2v) is 19.8. The highest BCUT2D eigenvalue weighted by Crippen LogP contribution is 2.46. The Kier molecular flexibility index (Phi) is 8.71. The lowest BCUT2D eigenvalue weighted by atomic mass is 9.99. The normalized spacial score (nSPS) is 13.7. The first-order valence-corrected chi connectivity index (χ1v) is 22.5. The summed E-state index contributed by atoms with van der Waals surface area (Å²) in [6.45, 7) is 0. The van der Waals surface area contributed by atoms with Gasteiger partial charge in [0, 0.05) is 43.1 Å². The molecule has 10 rings (SSSR count). The molecular weight excluding hydrogens is 737 g/mol. The van der Waals surface area contributed by atoms with E-state index in [9.17, 15) is 0 Å². The van der Waals surface area contributed by atoms with Gasteiger partial charge in [0.05, 0.1) is 11.0 Å². The molecule has 0 radical (unpaired) electrons. The van der Waals surface area contributed by atoms with Gasteiger partial charge < -0.3 is 14.4 Å². The Morgan fingerprint density at radius 2 is 0.912 bits per heavy atom. The highest BCUT2D eigenvalue weighted by Gasteiger charge is 2.34. The fourth-order valence-electron chi connectivity index (χ4n) is 8.19. The standard InChI is InChI=1S/C50H37N3O2P2/c54-56(39-19-5-1-6-20-39,40-21-7-2-8-22-40)43-27-15-17-36(33-43)37-31-32-46-45(35-37)50-52-47-29-13-14-30-48(47)53(50)49(51-46)38-18-16-28-44(34-38)57(55,41-23-9-3-10-24-41)42-25-11-4-12-26-42/h1-35,49,51H. The van der Waals surface area contributed by atoms with E-state index >= 15 is 9.13 Å². The molecule has 0 aliphatic carbocycles. The molecular formula is C50H37N3O2P2. The van der Waals surface area contributed by atoms with Crippen molar-refractivity contribution in [1.29, 1.82) is 0 Å². The van der Waals surface area contributed by atoms with Gasteiger partial charge in [0.25, 0.3) is 0 Å². The van der Waals surface area contributed by atoms with Crippen LogP contribution in [0, 0.1) is 0 Å². The van der Waals surface area contributed by atoms with Crippen molar-refractivity contribution >= 4 is 62.8 Å². The SMILES string of the molecule is O=P(c1ccccc1)(c1ccccc1)c1cccc(-c2ccc3c(c2)-c2nc4ccccc4n2C(c2cccc(P(=O)(c4ccccc4)c4ccccc4)c2)N3)c1. The molecule has 7 heteroatoms. The van der Waals surface area contributed by atoms with Crippen molar-refractivity contribution in [2.45, 2.75) is 6.17 Å². The molecule has 274 valence electrons. The van der Waals surface area contributed by atoms with Crippen LogP contribution >= 0.6 is 14.3 Å². The van der Waals surface area contributed by atoms with Crippen LogP contribution in [0.15, 0.2) is 212 Å². The van der Waals surface area contributed by atoms with Crippen molar-refractivity contribution in [2.75, 3.05) is 5.32 Å². The predicted molar refractivity (Wildman–Crippen MR) is 238 cm³/mol. The van der Waals surface area contributed by atoms with Crippen LogP contribution in [0.25, 0.3) is 33.5 Å². The molecule has 0 bridgehead atoms. The van der Waals surface area contributed by atoms with Crippen molar-refractivity contribution in [3.05, 3.63) is 218 Å². The summed E-state index contributed by atoms with van der Waals surface area (Å²) >= 11 is 0. The molecule has 1 aliphatic rings. The Bertz CT molecular complexity index is 2920. The van der Waals surface area contributed by atoms with Gasteiger partial charge in [-0.25, -0.2) is 4.98 Å². The average Bonchev–Trinajstić information content (AvgIpc) is 3.69. The molecule has 57 heavy (non-hydrogen) atoms. The number of nitrogens with zero attached hydrogens (tertiary/aromatic N) is 2. The maximum atomic E-state index is 15.4. The van der Waals surface area contributed by atoms with Crippen LogP contribution < -0.4 is 37.1 Å². The van der Waals surface area contributed by atoms with Gasteiger partial charge in [-0.15, -0.1) is 0 Å². The fraction of sp³-hybridized carbons (Fsp3) is 0.0200. The molecule has 0 amide bonds. The van der Waals surface area contributed by atoms with E-state index in [1.54, 1.807) is 0 Å². The first-order valence-electron chi connectivity index (χ1n) is 19.0. The molecule has 2 heterocycles. The second-order valence-electron chi connectivity index (χ2n) is 14.3. The molecule has 9 aromatic rings. The number of aromatic nitrogens is 2. The van der Waals surface area contributed by atoms with Gasteiger partial charge >= 0.3 is 0 Å². The van der Waals surface area contributed by atoms with Gasteiger partial charge in [-0.3, -0.25) is 4.57 Å². The number of hydrogen-bond acceptors (Lipinski definition) is 4. The lowest BCUT2D eigenvalue weighted by Gasteiger charge is -2.31. The van der Waals surface area contributed by atoms with Crippen LogP contribution in [-0.2, 0) is 9.13 Å². The van der Waals surface area contributed by atoms with E-state index in [-0.39, 0.29) is 6.17 Å². The molecule has 0 spiro atoms. The Balaban J connectivity index is 1.09. The highest BCUT2D eigenvalue weighted by molar-refractivity contribution is 7.85. The van der Waals surface area contributed by atoms with Crippen LogP contribution in [0.2, 0.25) is 0 Å². The van der Waals surface area contributed by atoms with Crippen molar-refractivity contribution in [3.8, 4) is 22.5 Å². The molecule has 1 aliphatic heterocycles. The third-order valence-corrected chi connectivity index (χ3v) is 17.1. The minimum atomic E-state index is -3.21. The second kappa shape index (κ2) is 14.2. The number of anilines is 1. The summed E-state index contributed by atoms with van der Waals surface area (Å²) in [5.41, 5.74) is 6.74. The minimum absolute atomic E-state index is 0.323. The highest BCUT2D eigenvalue weighted by atomic mass is 31.2. The number of imidazole rings is 1. The predicted octanol–water partition coefficient (Wildman–Crippen LogP) is 9.62. The van der Waals surface area contributed by atoms with Crippen molar-refractivity contribution < 1.29 is 9.13 Å². The topological polar surface area (TPSA) is 64.0 Å². The van der Waals surface area contributed by atoms with E-state index in [0.29, 0.717) is 0 Å². The molecule has 1 unspecified atom stereocenters. The zero-order chi connectivity index (χ0) is 38.4. The number of rotatable bonds is 8. The number of fused-ring (bicyclic) bond motifs is 5. The fourth-order valence-corrected chi connectivity index (χ4v) is 13.6. The third kappa shape index (κ3) is 5.90. The lowest BCUT2D eigenvalue weighted by molar-refractivity contribution is 0.591. The van der Waals surface area contributed by atoms with E-state index in [4.69, 9.17) is 4.98 Å². The zero-order valence-corrected chi connectivity index (χ0v) is 32.7. The van der Waals surface area contributed by atoms with Gasteiger partial charge in [-0.05, 0) is 53.1 Å². The maximum absolute atomic E-state index is 15.4. The molecule has 8 aromatic carbocycles. The molecule has 0 saturated heterocycles. The molecule has 1 aromatic heterocycles. The summed E-state index contributed by atoms with van der Waals surface area (Å²) in [5, 5.41) is 8.60. The van der Waals surface area contributed by atoms with E-state index in [2.05, 4.69) is 58.4 Å². The van der Waals surface area contributed by atoms with Crippen LogP contribution in [0.1, 0.15) is 11.7 Å². The Morgan fingerprint density at radius 1 is 0.439 bits per heavy atom. The molecule has 0 fully saturated rings.